The lowest BCUT2D eigenvalue weighted by atomic mass is 10.2. The standard InChI is InChI=1S/C12H13BrN4O/c1-8(2)17-12(18)9(6-14)7-16-11-5-10(13)3-4-15-11/h3-5,7-8H,1-2H3,(H,15,16)(H,17,18)/b9-7-. The second-order valence-corrected chi connectivity index (χ2v) is 4.72. The normalized spacial score (nSPS) is 10.9. The Morgan fingerprint density at radius 3 is 2.89 bits per heavy atom. The van der Waals surface area contributed by atoms with Crippen molar-refractivity contribution in [1.82, 2.24) is 10.3 Å². The van der Waals surface area contributed by atoms with E-state index in [1.54, 1.807) is 18.3 Å². The molecule has 0 aliphatic rings. The van der Waals surface area contributed by atoms with Crippen LogP contribution in [0.2, 0.25) is 0 Å². The molecule has 6 heteroatoms. The first kappa shape index (κ1) is 14.2. The van der Waals surface area contributed by atoms with Crippen molar-refractivity contribution in [2.75, 3.05) is 5.32 Å². The van der Waals surface area contributed by atoms with Crippen molar-refractivity contribution in [1.29, 1.82) is 5.26 Å². The molecular weight excluding hydrogens is 296 g/mol. The summed E-state index contributed by atoms with van der Waals surface area (Å²) in [7, 11) is 0. The van der Waals surface area contributed by atoms with E-state index in [4.69, 9.17) is 5.26 Å². The first-order valence-electron chi connectivity index (χ1n) is 5.32. The molecule has 1 rings (SSSR count). The SMILES string of the molecule is CC(C)NC(=O)/C(C#N)=C\Nc1cc(Br)ccn1. The number of pyridine rings is 1. The molecule has 2 N–H and O–H groups in total. The lowest BCUT2D eigenvalue weighted by molar-refractivity contribution is -0.117. The monoisotopic (exact) mass is 308 g/mol. The maximum atomic E-state index is 11.6. The van der Waals surface area contributed by atoms with E-state index >= 15 is 0 Å². The van der Waals surface area contributed by atoms with Crippen LogP contribution < -0.4 is 10.6 Å². The second-order valence-electron chi connectivity index (χ2n) is 3.80. The van der Waals surface area contributed by atoms with Crippen LogP contribution >= 0.6 is 15.9 Å². The van der Waals surface area contributed by atoms with Gasteiger partial charge in [0.15, 0.2) is 0 Å². The minimum absolute atomic E-state index is 0.00507. The molecule has 1 amide bonds. The number of anilines is 1. The third-order valence-corrected chi connectivity index (χ3v) is 2.36. The number of halogens is 1. The van der Waals surface area contributed by atoms with Gasteiger partial charge >= 0.3 is 0 Å². The Hall–Kier alpha value is -1.87. The molecule has 94 valence electrons. The smallest absolute Gasteiger partial charge is 0.263 e. The van der Waals surface area contributed by atoms with Gasteiger partial charge in [0.1, 0.15) is 17.5 Å². The van der Waals surface area contributed by atoms with Gasteiger partial charge in [0.2, 0.25) is 0 Å². The zero-order valence-corrected chi connectivity index (χ0v) is 11.7. The number of nitriles is 1. The highest BCUT2D eigenvalue weighted by Crippen LogP contribution is 2.12. The number of hydrogen-bond acceptors (Lipinski definition) is 4. The third kappa shape index (κ3) is 4.55. The number of hydrogen-bond donors (Lipinski definition) is 2. The molecule has 0 spiro atoms. The highest BCUT2D eigenvalue weighted by atomic mass is 79.9. The number of carbonyl (C=O) groups excluding carboxylic acids is 1. The molecule has 0 saturated carbocycles. The van der Waals surface area contributed by atoms with Crippen LogP contribution in [-0.4, -0.2) is 16.9 Å². The van der Waals surface area contributed by atoms with E-state index in [0.29, 0.717) is 5.82 Å². The largest absolute Gasteiger partial charge is 0.349 e. The molecule has 18 heavy (non-hydrogen) atoms. The Morgan fingerprint density at radius 2 is 2.33 bits per heavy atom. The lowest BCUT2D eigenvalue weighted by Gasteiger charge is -2.07. The van der Waals surface area contributed by atoms with E-state index in [1.807, 2.05) is 19.9 Å². The topological polar surface area (TPSA) is 77.8 Å². The van der Waals surface area contributed by atoms with Crippen molar-refractivity contribution in [3.05, 3.63) is 34.6 Å². The molecule has 0 aliphatic carbocycles. The number of nitrogens with one attached hydrogen (secondary N) is 2. The average Bonchev–Trinajstić information content (AvgIpc) is 2.29. The van der Waals surface area contributed by atoms with Gasteiger partial charge in [0, 0.05) is 22.9 Å². The molecule has 1 heterocycles. The van der Waals surface area contributed by atoms with Crippen molar-refractivity contribution in [2.45, 2.75) is 19.9 Å². The summed E-state index contributed by atoms with van der Waals surface area (Å²) in [6, 6.07) is 5.35. The number of amides is 1. The Morgan fingerprint density at radius 1 is 1.61 bits per heavy atom. The number of carbonyl (C=O) groups is 1. The second kappa shape index (κ2) is 6.77. The van der Waals surface area contributed by atoms with Crippen LogP contribution in [0.5, 0.6) is 0 Å². The van der Waals surface area contributed by atoms with Crippen molar-refractivity contribution in [3.63, 3.8) is 0 Å². The molecule has 0 aromatic carbocycles. The fraction of sp³-hybridized carbons (Fsp3) is 0.250. The summed E-state index contributed by atoms with van der Waals surface area (Å²) >= 11 is 3.30. The first-order chi connectivity index (χ1) is 8.52. The molecule has 1 aromatic heterocycles. The molecule has 1 aromatic rings. The number of aromatic nitrogens is 1. The Labute approximate surface area is 114 Å². The van der Waals surface area contributed by atoms with E-state index in [-0.39, 0.29) is 11.6 Å². The van der Waals surface area contributed by atoms with Crippen LogP contribution in [0.25, 0.3) is 0 Å². The molecule has 5 nitrogen and oxygen atoms in total. The first-order valence-corrected chi connectivity index (χ1v) is 6.11. The molecule has 0 atom stereocenters. The predicted octanol–water partition coefficient (Wildman–Crippen LogP) is 2.19. The third-order valence-electron chi connectivity index (χ3n) is 1.87. The predicted molar refractivity (Wildman–Crippen MR) is 72.5 cm³/mol. The van der Waals surface area contributed by atoms with Gasteiger partial charge in [0.25, 0.3) is 5.91 Å². The summed E-state index contributed by atoms with van der Waals surface area (Å²) in [5, 5.41) is 14.3. The lowest BCUT2D eigenvalue weighted by Crippen LogP contribution is -2.31. The summed E-state index contributed by atoms with van der Waals surface area (Å²) in [5.74, 6) is 0.143. The maximum absolute atomic E-state index is 11.6. The van der Waals surface area contributed by atoms with E-state index in [1.165, 1.54) is 6.20 Å². The van der Waals surface area contributed by atoms with Crippen LogP contribution in [0.4, 0.5) is 5.82 Å². The van der Waals surface area contributed by atoms with Gasteiger partial charge in [-0.05, 0) is 26.0 Å². The zero-order chi connectivity index (χ0) is 13.5. The van der Waals surface area contributed by atoms with Crippen molar-refractivity contribution in [2.24, 2.45) is 0 Å². The van der Waals surface area contributed by atoms with Crippen LogP contribution in [0, 0.1) is 11.3 Å². The van der Waals surface area contributed by atoms with E-state index in [2.05, 4.69) is 31.5 Å². The van der Waals surface area contributed by atoms with Crippen LogP contribution in [0.3, 0.4) is 0 Å². The highest BCUT2D eigenvalue weighted by Gasteiger charge is 2.09. The van der Waals surface area contributed by atoms with Crippen LogP contribution in [0.15, 0.2) is 34.6 Å². The van der Waals surface area contributed by atoms with Crippen LogP contribution in [0.1, 0.15) is 13.8 Å². The van der Waals surface area contributed by atoms with Gasteiger partial charge in [-0.2, -0.15) is 5.26 Å². The Balaban J connectivity index is 2.75. The highest BCUT2D eigenvalue weighted by molar-refractivity contribution is 9.10. The maximum Gasteiger partial charge on any atom is 0.263 e. The van der Waals surface area contributed by atoms with Gasteiger partial charge in [-0.1, -0.05) is 15.9 Å². The molecule has 0 radical (unpaired) electrons. The summed E-state index contributed by atoms with van der Waals surface area (Å²) in [6.45, 7) is 3.66. The number of nitrogens with zero attached hydrogens (tertiary/aromatic N) is 2. The van der Waals surface area contributed by atoms with Gasteiger partial charge in [0.05, 0.1) is 0 Å². The van der Waals surface area contributed by atoms with E-state index in [0.717, 1.165) is 4.47 Å². The van der Waals surface area contributed by atoms with Gasteiger partial charge in [-0.25, -0.2) is 4.98 Å². The quantitative estimate of drug-likeness (QED) is 0.660. The van der Waals surface area contributed by atoms with Gasteiger partial charge in [-0.3, -0.25) is 4.79 Å². The van der Waals surface area contributed by atoms with Crippen molar-refractivity contribution in [3.8, 4) is 6.07 Å². The Bertz CT molecular complexity index is 505. The minimum Gasteiger partial charge on any atom is -0.349 e. The molecule has 0 aliphatic heterocycles. The minimum atomic E-state index is -0.407. The summed E-state index contributed by atoms with van der Waals surface area (Å²) in [6.07, 6.45) is 2.95. The molecule has 0 unspecified atom stereocenters. The van der Waals surface area contributed by atoms with Gasteiger partial charge in [-0.15, -0.1) is 0 Å². The van der Waals surface area contributed by atoms with Gasteiger partial charge < -0.3 is 10.6 Å². The fourth-order valence-electron chi connectivity index (χ4n) is 1.12. The summed E-state index contributed by atoms with van der Waals surface area (Å²) in [5.41, 5.74) is 0.00507. The van der Waals surface area contributed by atoms with Crippen LogP contribution in [-0.2, 0) is 4.79 Å². The van der Waals surface area contributed by atoms with E-state index < -0.39 is 5.91 Å². The van der Waals surface area contributed by atoms with Crippen molar-refractivity contribution < 1.29 is 4.79 Å². The van der Waals surface area contributed by atoms with Crippen molar-refractivity contribution >= 4 is 27.7 Å². The molecule has 0 saturated heterocycles. The summed E-state index contributed by atoms with van der Waals surface area (Å²) < 4.78 is 0.860. The molecular formula is C12H13BrN4O. The summed E-state index contributed by atoms with van der Waals surface area (Å²) in [4.78, 5) is 15.6. The Kier molecular flexibility index (Phi) is 5.33. The number of rotatable bonds is 4. The van der Waals surface area contributed by atoms with E-state index in [9.17, 15) is 4.79 Å². The molecule has 0 bridgehead atoms. The average molecular weight is 309 g/mol. The molecule has 0 fully saturated rings. The fourth-order valence-corrected chi connectivity index (χ4v) is 1.45. The zero-order valence-electron chi connectivity index (χ0n) is 10.1.